The van der Waals surface area contributed by atoms with Gasteiger partial charge in [0.1, 0.15) is 0 Å². The summed E-state index contributed by atoms with van der Waals surface area (Å²) in [5.74, 6) is 1.51. The maximum atomic E-state index is 4.62. The van der Waals surface area contributed by atoms with Crippen LogP contribution < -0.4 is 0 Å². The number of allylic oxidation sites excluding steroid dienone is 1. The van der Waals surface area contributed by atoms with Crippen LogP contribution in [0.1, 0.15) is 33.6 Å². The Balaban J connectivity index is 2.24. The van der Waals surface area contributed by atoms with E-state index in [1.165, 1.54) is 24.1 Å². The predicted molar refractivity (Wildman–Crippen MR) is 52.6 cm³/mol. The van der Waals surface area contributed by atoms with Gasteiger partial charge in [-0.1, -0.05) is 13.8 Å². The summed E-state index contributed by atoms with van der Waals surface area (Å²) in [4.78, 5) is 4.62. The first-order valence-corrected chi connectivity index (χ1v) is 4.94. The lowest BCUT2D eigenvalue weighted by Crippen LogP contribution is -2.08. The minimum atomic E-state index is 0.673. The van der Waals surface area contributed by atoms with Gasteiger partial charge < -0.3 is 0 Å². The van der Waals surface area contributed by atoms with Crippen LogP contribution in [0, 0.1) is 11.8 Å². The molecule has 66 valence electrons. The summed E-state index contributed by atoms with van der Waals surface area (Å²) in [6.45, 7) is 7.76. The molecule has 0 bridgehead atoms. The van der Waals surface area contributed by atoms with Crippen molar-refractivity contribution in [2.45, 2.75) is 33.6 Å². The largest absolute Gasteiger partial charge is 0.285 e. The maximum absolute atomic E-state index is 4.62. The zero-order valence-electron chi connectivity index (χ0n) is 8.22. The van der Waals surface area contributed by atoms with E-state index < -0.39 is 0 Å². The molecular formula is C11H17N. The standard InChI is InChI=1S/C11H17N/c1-7(2)10-8(3)6-12-11(10)9-4-5-9/h7,9H,4-6H2,1-3H3. The van der Waals surface area contributed by atoms with Crippen LogP contribution in [-0.4, -0.2) is 12.3 Å². The van der Waals surface area contributed by atoms with Gasteiger partial charge in [0.15, 0.2) is 0 Å². The van der Waals surface area contributed by atoms with Crippen molar-refractivity contribution in [1.29, 1.82) is 0 Å². The van der Waals surface area contributed by atoms with Gasteiger partial charge in [0.2, 0.25) is 0 Å². The van der Waals surface area contributed by atoms with Crippen LogP contribution in [0.5, 0.6) is 0 Å². The first kappa shape index (κ1) is 8.03. The first-order chi connectivity index (χ1) is 5.70. The molecule has 0 spiro atoms. The fourth-order valence-corrected chi connectivity index (χ4v) is 2.09. The molecule has 2 rings (SSSR count). The van der Waals surface area contributed by atoms with Gasteiger partial charge in [-0.3, -0.25) is 4.99 Å². The molecule has 1 heteroatoms. The first-order valence-electron chi connectivity index (χ1n) is 4.94. The third kappa shape index (κ3) is 1.21. The highest BCUT2D eigenvalue weighted by Crippen LogP contribution is 2.38. The van der Waals surface area contributed by atoms with Gasteiger partial charge in [-0.15, -0.1) is 0 Å². The highest BCUT2D eigenvalue weighted by atomic mass is 14.8. The summed E-state index contributed by atoms with van der Waals surface area (Å²) >= 11 is 0. The number of hydrogen-bond acceptors (Lipinski definition) is 1. The van der Waals surface area contributed by atoms with Crippen molar-refractivity contribution in [2.75, 3.05) is 6.54 Å². The number of rotatable bonds is 2. The molecular weight excluding hydrogens is 146 g/mol. The maximum Gasteiger partial charge on any atom is 0.0606 e. The average Bonchev–Trinajstić information content (AvgIpc) is 2.75. The second kappa shape index (κ2) is 2.72. The van der Waals surface area contributed by atoms with Gasteiger partial charge in [-0.25, -0.2) is 0 Å². The second-order valence-electron chi connectivity index (χ2n) is 4.32. The minimum Gasteiger partial charge on any atom is -0.285 e. The van der Waals surface area contributed by atoms with Gasteiger partial charge >= 0.3 is 0 Å². The van der Waals surface area contributed by atoms with Crippen LogP contribution in [0.2, 0.25) is 0 Å². The topological polar surface area (TPSA) is 12.4 Å². The molecule has 0 aromatic carbocycles. The molecule has 0 radical (unpaired) electrons. The van der Waals surface area contributed by atoms with Crippen molar-refractivity contribution in [1.82, 2.24) is 0 Å². The molecule has 0 unspecified atom stereocenters. The van der Waals surface area contributed by atoms with Gasteiger partial charge in [-0.2, -0.15) is 0 Å². The Bertz CT molecular complexity index is 254. The Morgan fingerprint density at radius 1 is 1.33 bits per heavy atom. The van der Waals surface area contributed by atoms with E-state index in [1.807, 2.05) is 0 Å². The SMILES string of the molecule is CC1=C(C(C)C)C(C2CC2)=NC1. The quantitative estimate of drug-likeness (QED) is 0.593. The number of hydrogen-bond donors (Lipinski definition) is 0. The van der Waals surface area contributed by atoms with E-state index in [1.54, 1.807) is 5.57 Å². The van der Waals surface area contributed by atoms with E-state index in [-0.39, 0.29) is 0 Å². The Morgan fingerprint density at radius 3 is 2.50 bits per heavy atom. The minimum absolute atomic E-state index is 0.673. The van der Waals surface area contributed by atoms with E-state index in [0.717, 1.165) is 12.5 Å². The summed E-state index contributed by atoms with van der Waals surface area (Å²) in [6.07, 6.45) is 2.75. The van der Waals surface area contributed by atoms with Gasteiger partial charge in [-0.05, 0) is 36.8 Å². The molecule has 1 nitrogen and oxygen atoms in total. The molecule has 0 aromatic rings. The van der Waals surface area contributed by atoms with Crippen molar-refractivity contribution in [3.05, 3.63) is 11.1 Å². The zero-order chi connectivity index (χ0) is 8.72. The van der Waals surface area contributed by atoms with E-state index in [0.29, 0.717) is 5.92 Å². The Kier molecular flexibility index (Phi) is 1.82. The third-order valence-electron chi connectivity index (χ3n) is 2.76. The van der Waals surface area contributed by atoms with E-state index >= 15 is 0 Å². The molecule has 1 heterocycles. The fourth-order valence-electron chi connectivity index (χ4n) is 2.09. The summed E-state index contributed by atoms with van der Waals surface area (Å²) in [6, 6.07) is 0. The molecule has 1 saturated carbocycles. The molecule has 0 aromatic heterocycles. The predicted octanol–water partition coefficient (Wildman–Crippen LogP) is 2.82. The molecule has 0 amide bonds. The Labute approximate surface area is 74.6 Å². The lowest BCUT2D eigenvalue weighted by Gasteiger charge is -2.10. The molecule has 0 N–H and O–H groups in total. The highest BCUT2D eigenvalue weighted by Gasteiger charge is 2.33. The molecule has 12 heavy (non-hydrogen) atoms. The monoisotopic (exact) mass is 163 g/mol. The fraction of sp³-hybridized carbons (Fsp3) is 0.727. The second-order valence-corrected chi connectivity index (χ2v) is 4.32. The number of nitrogens with zero attached hydrogens (tertiary/aromatic N) is 1. The molecule has 0 atom stereocenters. The van der Waals surface area contributed by atoms with Crippen molar-refractivity contribution in [2.24, 2.45) is 16.8 Å². The van der Waals surface area contributed by atoms with Crippen LogP contribution in [0.25, 0.3) is 0 Å². The van der Waals surface area contributed by atoms with E-state index in [4.69, 9.17) is 0 Å². The van der Waals surface area contributed by atoms with Crippen LogP contribution in [0.15, 0.2) is 16.1 Å². The summed E-state index contributed by atoms with van der Waals surface area (Å²) in [7, 11) is 0. The molecule has 1 aliphatic carbocycles. The van der Waals surface area contributed by atoms with E-state index in [2.05, 4.69) is 25.8 Å². The van der Waals surface area contributed by atoms with Crippen molar-refractivity contribution < 1.29 is 0 Å². The van der Waals surface area contributed by atoms with Crippen LogP contribution in [0.3, 0.4) is 0 Å². The van der Waals surface area contributed by atoms with E-state index in [9.17, 15) is 0 Å². The van der Waals surface area contributed by atoms with Gasteiger partial charge in [0, 0.05) is 11.6 Å². The van der Waals surface area contributed by atoms with Crippen molar-refractivity contribution >= 4 is 5.71 Å². The van der Waals surface area contributed by atoms with Crippen molar-refractivity contribution in [3.8, 4) is 0 Å². The normalized spacial score (nSPS) is 23.8. The number of aliphatic imine (C=N–C) groups is 1. The smallest absolute Gasteiger partial charge is 0.0606 e. The summed E-state index contributed by atoms with van der Waals surface area (Å²) in [5, 5.41) is 0. The van der Waals surface area contributed by atoms with Gasteiger partial charge in [0.25, 0.3) is 0 Å². The van der Waals surface area contributed by atoms with Crippen LogP contribution in [-0.2, 0) is 0 Å². The Hall–Kier alpha value is -0.590. The van der Waals surface area contributed by atoms with Gasteiger partial charge in [0.05, 0.1) is 6.54 Å². The zero-order valence-corrected chi connectivity index (χ0v) is 8.22. The summed E-state index contributed by atoms with van der Waals surface area (Å²) < 4.78 is 0. The lowest BCUT2D eigenvalue weighted by atomic mass is 9.93. The third-order valence-corrected chi connectivity index (χ3v) is 2.76. The molecule has 0 saturated heterocycles. The lowest BCUT2D eigenvalue weighted by molar-refractivity contribution is 0.790. The average molecular weight is 163 g/mol. The van der Waals surface area contributed by atoms with Crippen molar-refractivity contribution in [3.63, 3.8) is 0 Å². The Morgan fingerprint density at radius 2 is 2.00 bits per heavy atom. The molecule has 1 fully saturated rings. The summed E-state index contributed by atoms with van der Waals surface area (Å²) in [5.41, 5.74) is 4.52. The molecule has 1 aliphatic heterocycles. The highest BCUT2D eigenvalue weighted by molar-refractivity contribution is 6.05. The van der Waals surface area contributed by atoms with Crippen LogP contribution >= 0.6 is 0 Å². The van der Waals surface area contributed by atoms with Crippen LogP contribution in [0.4, 0.5) is 0 Å². The molecule has 2 aliphatic rings.